The van der Waals surface area contributed by atoms with Gasteiger partial charge in [-0.05, 0) is 67.9 Å². The number of nitrogens with zero attached hydrogens (tertiary/aromatic N) is 1. The first kappa shape index (κ1) is 24.5. The Morgan fingerprint density at radius 1 is 1.26 bits per heavy atom. The van der Waals surface area contributed by atoms with Crippen molar-refractivity contribution >= 4 is 56.0 Å². The Morgan fingerprint density at radius 2 is 2.09 bits per heavy atom. The van der Waals surface area contributed by atoms with Crippen LogP contribution in [0.15, 0.2) is 51.9 Å². The molecular formula is C28H28BrClN2O2S. The summed E-state index contributed by atoms with van der Waals surface area (Å²) in [5.41, 5.74) is 3.75. The van der Waals surface area contributed by atoms with Crippen molar-refractivity contribution in [3.8, 4) is 5.75 Å². The van der Waals surface area contributed by atoms with E-state index in [1.54, 1.807) is 11.3 Å². The second-order valence-corrected chi connectivity index (χ2v) is 11.7. The molecule has 0 aliphatic heterocycles. The average Bonchev–Trinajstić information content (AvgIpc) is 3.59. The van der Waals surface area contributed by atoms with E-state index in [-0.39, 0.29) is 5.91 Å². The highest BCUT2D eigenvalue weighted by Gasteiger charge is 2.31. The van der Waals surface area contributed by atoms with Crippen LogP contribution in [0.5, 0.6) is 5.75 Å². The van der Waals surface area contributed by atoms with Gasteiger partial charge < -0.3 is 10.1 Å². The minimum Gasteiger partial charge on any atom is -0.488 e. The maximum atomic E-state index is 13.2. The predicted octanol–water partition coefficient (Wildman–Crippen LogP) is 7.90. The van der Waals surface area contributed by atoms with E-state index in [0.29, 0.717) is 29.3 Å². The van der Waals surface area contributed by atoms with E-state index in [1.165, 1.54) is 16.9 Å². The lowest BCUT2D eigenvalue weighted by Crippen LogP contribution is -2.26. The molecule has 1 saturated carbocycles. The zero-order valence-corrected chi connectivity index (χ0v) is 22.8. The number of halogens is 2. The number of benzene rings is 2. The summed E-state index contributed by atoms with van der Waals surface area (Å²) in [6.07, 6.45) is 8.25. The fourth-order valence-corrected chi connectivity index (χ4v) is 6.32. The third-order valence-electron chi connectivity index (χ3n) is 6.70. The molecule has 2 aliphatic rings. The van der Waals surface area contributed by atoms with Crippen molar-refractivity contribution in [1.29, 1.82) is 0 Å². The quantitative estimate of drug-likeness (QED) is 0.279. The maximum Gasteiger partial charge on any atom is 0.254 e. The van der Waals surface area contributed by atoms with Crippen molar-refractivity contribution < 1.29 is 9.53 Å². The lowest BCUT2D eigenvalue weighted by atomic mass is 9.85. The summed E-state index contributed by atoms with van der Waals surface area (Å²) >= 11 is 11.5. The van der Waals surface area contributed by atoms with Crippen LogP contribution in [-0.2, 0) is 19.4 Å². The number of aliphatic imine (C=N–C) groups is 1. The molecule has 5 rings (SSSR count). The van der Waals surface area contributed by atoms with Gasteiger partial charge in [-0.2, -0.15) is 0 Å². The van der Waals surface area contributed by atoms with Crippen LogP contribution in [0.4, 0.5) is 5.00 Å². The SMILES string of the molecule is CC[C@@H]1CCc2c(sc(N=Cc3cc(Br)ccc3OCc3ccccc3Cl)c2C(=O)NC2CC2)C1. The molecular weight excluding hydrogens is 544 g/mol. The van der Waals surface area contributed by atoms with E-state index in [2.05, 4.69) is 28.2 Å². The Hall–Kier alpha value is -2.15. The molecule has 182 valence electrons. The van der Waals surface area contributed by atoms with Gasteiger partial charge in [-0.15, -0.1) is 11.3 Å². The molecule has 35 heavy (non-hydrogen) atoms. The third kappa shape index (κ3) is 5.82. The van der Waals surface area contributed by atoms with Crippen LogP contribution in [0, 0.1) is 5.92 Å². The third-order valence-corrected chi connectivity index (χ3v) is 8.72. The molecule has 0 bridgehead atoms. The average molecular weight is 572 g/mol. The zero-order chi connectivity index (χ0) is 24.4. The van der Waals surface area contributed by atoms with Crippen molar-refractivity contribution in [2.45, 2.75) is 58.1 Å². The second-order valence-electron chi connectivity index (χ2n) is 9.27. The number of ether oxygens (including phenoxy) is 1. The Kier molecular flexibility index (Phi) is 7.61. The van der Waals surface area contributed by atoms with Crippen LogP contribution in [0.3, 0.4) is 0 Å². The summed E-state index contributed by atoms with van der Waals surface area (Å²) in [6.45, 7) is 2.61. The van der Waals surface area contributed by atoms with Crippen molar-refractivity contribution in [1.82, 2.24) is 5.32 Å². The lowest BCUT2D eigenvalue weighted by molar-refractivity contribution is 0.0951. The van der Waals surface area contributed by atoms with E-state index < -0.39 is 0 Å². The molecule has 1 aromatic heterocycles. The maximum absolute atomic E-state index is 13.2. The molecule has 0 radical (unpaired) electrons. The van der Waals surface area contributed by atoms with Crippen LogP contribution in [0.1, 0.15) is 64.5 Å². The first-order valence-electron chi connectivity index (χ1n) is 12.2. The van der Waals surface area contributed by atoms with Crippen molar-refractivity contribution in [3.05, 3.63) is 79.1 Å². The van der Waals surface area contributed by atoms with Crippen LogP contribution in [0.2, 0.25) is 5.02 Å². The number of nitrogens with one attached hydrogen (secondary N) is 1. The summed E-state index contributed by atoms with van der Waals surface area (Å²) in [6, 6.07) is 13.8. The Morgan fingerprint density at radius 3 is 2.86 bits per heavy atom. The van der Waals surface area contributed by atoms with Crippen molar-refractivity contribution in [2.24, 2.45) is 10.9 Å². The highest BCUT2D eigenvalue weighted by atomic mass is 79.9. The summed E-state index contributed by atoms with van der Waals surface area (Å²) < 4.78 is 7.06. The number of hydrogen-bond acceptors (Lipinski definition) is 4. The largest absolute Gasteiger partial charge is 0.488 e. The van der Waals surface area contributed by atoms with Crippen LogP contribution in [0.25, 0.3) is 0 Å². The van der Waals surface area contributed by atoms with Gasteiger partial charge in [0.05, 0.1) is 5.56 Å². The molecule has 2 aliphatic carbocycles. The molecule has 4 nitrogen and oxygen atoms in total. The zero-order valence-electron chi connectivity index (χ0n) is 19.7. The molecule has 1 heterocycles. The number of rotatable bonds is 8. The minimum atomic E-state index is 0.0246. The number of fused-ring (bicyclic) bond motifs is 1. The molecule has 2 aromatic carbocycles. The Balaban J connectivity index is 1.44. The number of amides is 1. The van der Waals surface area contributed by atoms with E-state index in [1.807, 2.05) is 48.7 Å². The van der Waals surface area contributed by atoms with E-state index in [4.69, 9.17) is 21.3 Å². The van der Waals surface area contributed by atoms with E-state index >= 15 is 0 Å². The van der Waals surface area contributed by atoms with Gasteiger partial charge in [0.2, 0.25) is 0 Å². The Labute approximate surface area is 223 Å². The topological polar surface area (TPSA) is 50.7 Å². The molecule has 1 amide bonds. The van der Waals surface area contributed by atoms with Gasteiger partial charge in [0.25, 0.3) is 5.91 Å². The predicted molar refractivity (Wildman–Crippen MR) is 148 cm³/mol. The van der Waals surface area contributed by atoms with Gasteiger partial charge in [-0.25, -0.2) is 4.99 Å². The lowest BCUT2D eigenvalue weighted by Gasteiger charge is -2.21. The highest BCUT2D eigenvalue weighted by molar-refractivity contribution is 9.10. The minimum absolute atomic E-state index is 0.0246. The van der Waals surface area contributed by atoms with Gasteiger partial charge in [-0.3, -0.25) is 4.79 Å². The van der Waals surface area contributed by atoms with Gasteiger partial charge in [0, 0.05) is 37.8 Å². The van der Waals surface area contributed by atoms with Gasteiger partial charge in [0.15, 0.2) is 0 Å². The molecule has 0 saturated heterocycles. The van der Waals surface area contributed by atoms with Gasteiger partial charge in [-0.1, -0.05) is 59.1 Å². The number of thiophene rings is 1. The first-order chi connectivity index (χ1) is 17.0. The van der Waals surface area contributed by atoms with Crippen LogP contribution in [-0.4, -0.2) is 18.2 Å². The van der Waals surface area contributed by atoms with Gasteiger partial charge in [0.1, 0.15) is 17.4 Å². The van der Waals surface area contributed by atoms with Crippen LogP contribution < -0.4 is 10.1 Å². The fourth-order valence-electron chi connectivity index (χ4n) is 4.45. The molecule has 1 fully saturated rings. The van der Waals surface area contributed by atoms with Crippen molar-refractivity contribution in [3.63, 3.8) is 0 Å². The fraction of sp³-hybridized carbons (Fsp3) is 0.357. The molecule has 1 atom stereocenters. The standard InChI is InChI=1S/C28H28BrClN2O2S/c1-2-17-7-11-22-25(13-17)35-28(26(22)27(33)32-21-9-10-21)31-15-19-14-20(29)8-12-24(19)34-16-18-5-3-4-6-23(18)30/h3-6,8,12,14-15,17,21H,2,7,9-11,13,16H2,1H3,(H,32,33)/t17-/m1/s1. The van der Waals surface area contributed by atoms with Crippen molar-refractivity contribution in [2.75, 3.05) is 0 Å². The number of carbonyl (C=O) groups is 1. The van der Waals surface area contributed by atoms with E-state index in [9.17, 15) is 4.79 Å². The molecule has 0 spiro atoms. The first-order valence-corrected chi connectivity index (χ1v) is 14.2. The number of hydrogen-bond donors (Lipinski definition) is 1. The smallest absolute Gasteiger partial charge is 0.254 e. The van der Waals surface area contributed by atoms with E-state index in [0.717, 1.165) is 58.3 Å². The summed E-state index contributed by atoms with van der Waals surface area (Å²) in [7, 11) is 0. The van der Waals surface area contributed by atoms with Gasteiger partial charge >= 0.3 is 0 Å². The summed E-state index contributed by atoms with van der Waals surface area (Å²) in [5.74, 6) is 1.43. The molecule has 0 unspecified atom stereocenters. The monoisotopic (exact) mass is 570 g/mol. The Bertz CT molecular complexity index is 1270. The molecule has 3 aromatic rings. The highest BCUT2D eigenvalue weighted by Crippen LogP contribution is 2.42. The molecule has 1 N–H and O–H groups in total. The van der Waals surface area contributed by atoms with Crippen LogP contribution >= 0.6 is 38.9 Å². The number of carbonyl (C=O) groups excluding carboxylic acids is 1. The summed E-state index contributed by atoms with van der Waals surface area (Å²) in [5, 5.41) is 4.66. The molecule has 7 heteroatoms. The second kappa shape index (κ2) is 10.9. The summed E-state index contributed by atoms with van der Waals surface area (Å²) in [4.78, 5) is 19.4. The normalized spacial score (nSPS) is 17.4.